The fourth-order valence-corrected chi connectivity index (χ4v) is 2.64. The summed E-state index contributed by atoms with van der Waals surface area (Å²) in [6.07, 6.45) is -0.442. The Kier molecular flexibility index (Phi) is 4.84. The molecule has 1 N–H and O–H groups in total. The second-order valence-corrected chi connectivity index (χ2v) is 7.24. The zero-order valence-electron chi connectivity index (χ0n) is 12.5. The van der Waals surface area contributed by atoms with Crippen LogP contribution in [0.2, 0.25) is 0 Å². The van der Waals surface area contributed by atoms with Crippen molar-refractivity contribution in [2.24, 2.45) is 0 Å². The van der Waals surface area contributed by atoms with Crippen molar-refractivity contribution in [3.63, 3.8) is 0 Å². The number of aliphatic hydroxyl groups is 1. The van der Waals surface area contributed by atoms with E-state index in [1.807, 2.05) is 24.3 Å². The summed E-state index contributed by atoms with van der Waals surface area (Å²) in [5.41, 5.74) is 2.62. The summed E-state index contributed by atoms with van der Waals surface area (Å²) in [5.74, 6) is -0.288. The molecule has 0 fully saturated rings. The van der Waals surface area contributed by atoms with E-state index < -0.39 is 6.10 Å². The molecule has 0 heterocycles. The number of benzene rings is 2. The Morgan fingerprint density at radius 2 is 1.71 bits per heavy atom. The van der Waals surface area contributed by atoms with Crippen molar-refractivity contribution in [1.82, 2.24) is 0 Å². The minimum Gasteiger partial charge on any atom is -0.388 e. The van der Waals surface area contributed by atoms with Crippen molar-refractivity contribution in [3.8, 4) is 0 Å². The van der Waals surface area contributed by atoms with Gasteiger partial charge in [0, 0.05) is 10.9 Å². The van der Waals surface area contributed by atoms with Gasteiger partial charge in [-0.3, -0.25) is 0 Å². The molecule has 0 aromatic heterocycles. The van der Waals surface area contributed by atoms with Crippen molar-refractivity contribution in [3.05, 3.63) is 69.4 Å². The van der Waals surface area contributed by atoms with E-state index in [2.05, 4.69) is 36.7 Å². The third kappa shape index (κ3) is 4.14. The Morgan fingerprint density at radius 1 is 1.10 bits per heavy atom. The van der Waals surface area contributed by atoms with Gasteiger partial charge >= 0.3 is 0 Å². The molecule has 2 rings (SSSR count). The third-order valence-electron chi connectivity index (χ3n) is 3.58. The predicted molar refractivity (Wildman–Crippen MR) is 87.9 cm³/mol. The third-order valence-corrected chi connectivity index (χ3v) is 4.08. The van der Waals surface area contributed by atoms with Crippen molar-refractivity contribution < 1.29 is 9.50 Å². The Hall–Kier alpha value is -1.19. The molecule has 0 bridgehead atoms. The van der Waals surface area contributed by atoms with Crippen LogP contribution >= 0.6 is 15.9 Å². The molecular formula is C18H20BrFO. The number of hydrogen-bond acceptors (Lipinski definition) is 1. The van der Waals surface area contributed by atoms with E-state index in [9.17, 15) is 9.50 Å². The molecule has 112 valence electrons. The van der Waals surface area contributed by atoms with Crippen LogP contribution in [0.3, 0.4) is 0 Å². The highest BCUT2D eigenvalue weighted by Gasteiger charge is 2.16. The van der Waals surface area contributed by atoms with Crippen LogP contribution in [0, 0.1) is 5.82 Å². The fourth-order valence-electron chi connectivity index (χ4n) is 2.23. The highest BCUT2D eigenvalue weighted by atomic mass is 79.9. The second kappa shape index (κ2) is 6.29. The largest absolute Gasteiger partial charge is 0.388 e. The summed E-state index contributed by atoms with van der Waals surface area (Å²) in [6.45, 7) is 6.44. The normalized spacial score (nSPS) is 13.2. The first-order chi connectivity index (χ1) is 9.77. The van der Waals surface area contributed by atoms with Gasteiger partial charge in [0.1, 0.15) is 5.82 Å². The minimum atomic E-state index is -0.706. The quantitative estimate of drug-likeness (QED) is 0.810. The Morgan fingerprint density at radius 3 is 2.29 bits per heavy atom. The zero-order valence-corrected chi connectivity index (χ0v) is 14.1. The lowest BCUT2D eigenvalue weighted by Gasteiger charge is -2.20. The molecule has 0 aliphatic rings. The van der Waals surface area contributed by atoms with Gasteiger partial charge in [-0.25, -0.2) is 4.39 Å². The van der Waals surface area contributed by atoms with E-state index in [0.717, 1.165) is 10.0 Å². The molecule has 21 heavy (non-hydrogen) atoms. The van der Waals surface area contributed by atoms with Gasteiger partial charge in [-0.1, -0.05) is 61.0 Å². The lowest BCUT2D eigenvalue weighted by molar-refractivity contribution is 0.177. The Bertz CT molecular complexity index is 614. The fraction of sp³-hybridized carbons (Fsp3) is 0.333. The minimum absolute atomic E-state index is 0.0832. The smallest absolute Gasteiger partial charge is 0.126 e. The molecule has 1 atom stereocenters. The van der Waals surface area contributed by atoms with Gasteiger partial charge in [-0.05, 0) is 40.3 Å². The van der Waals surface area contributed by atoms with E-state index in [4.69, 9.17) is 0 Å². The molecule has 0 saturated heterocycles. The van der Waals surface area contributed by atoms with Gasteiger partial charge in [-0.15, -0.1) is 0 Å². The summed E-state index contributed by atoms with van der Waals surface area (Å²) in [5, 5.41) is 10.3. The van der Waals surface area contributed by atoms with Crippen molar-refractivity contribution in [2.75, 3.05) is 0 Å². The van der Waals surface area contributed by atoms with Crippen LogP contribution in [0.15, 0.2) is 46.9 Å². The summed E-state index contributed by atoms with van der Waals surface area (Å²) in [6, 6.07) is 12.7. The van der Waals surface area contributed by atoms with Gasteiger partial charge in [0.05, 0.1) is 6.10 Å². The molecule has 0 radical (unpaired) electrons. The first kappa shape index (κ1) is 16.2. The predicted octanol–water partition coefficient (Wildman–Crippen LogP) is 5.16. The Labute approximate surface area is 134 Å². The first-order valence-corrected chi connectivity index (χ1v) is 7.79. The number of rotatable bonds is 3. The molecule has 0 aliphatic heterocycles. The van der Waals surface area contributed by atoms with Crippen LogP contribution in [0.1, 0.15) is 43.6 Å². The highest BCUT2D eigenvalue weighted by molar-refractivity contribution is 9.10. The Balaban J connectivity index is 2.17. The van der Waals surface area contributed by atoms with Gasteiger partial charge < -0.3 is 5.11 Å². The lowest BCUT2D eigenvalue weighted by atomic mass is 9.86. The molecule has 0 amide bonds. The molecule has 0 saturated carbocycles. The van der Waals surface area contributed by atoms with Gasteiger partial charge in [0.15, 0.2) is 0 Å². The van der Waals surface area contributed by atoms with E-state index in [1.165, 1.54) is 11.6 Å². The summed E-state index contributed by atoms with van der Waals surface area (Å²) in [4.78, 5) is 0. The van der Waals surface area contributed by atoms with Crippen molar-refractivity contribution in [2.45, 2.75) is 38.7 Å². The average Bonchev–Trinajstić information content (AvgIpc) is 2.42. The van der Waals surface area contributed by atoms with Crippen LogP contribution in [0.4, 0.5) is 4.39 Å². The SMILES string of the molecule is CC(C)(C)c1ccc(C(O)Cc2cc(Br)ccc2F)cc1. The number of halogens is 2. The number of hydrogen-bond donors (Lipinski definition) is 1. The van der Waals surface area contributed by atoms with Gasteiger partial charge in [0.25, 0.3) is 0 Å². The van der Waals surface area contributed by atoms with Crippen LogP contribution in [0.5, 0.6) is 0 Å². The van der Waals surface area contributed by atoms with Crippen molar-refractivity contribution >= 4 is 15.9 Å². The standard InChI is InChI=1S/C18H20BrFO/c1-18(2,3)14-6-4-12(5-7-14)17(21)11-13-10-15(19)8-9-16(13)20/h4-10,17,21H,11H2,1-3H3. The summed E-state index contributed by atoms with van der Waals surface area (Å²) in [7, 11) is 0. The molecular weight excluding hydrogens is 331 g/mol. The molecule has 3 heteroatoms. The maximum Gasteiger partial charge on any atom is 0.126 e. The molecule has 1 nitrogen and oxygen atoms in total. The topological polar surface area (TPSA) is 20.2 Å². The lowest BCUT2D eigenvalue weighted by Crippen LogP contribution is -2.11. The van der Waals surface area contributed by atoms with Gasteiger partial charge in [-0.2, -0.15) is 0 Å². The second-order valence-electron chi connectivity index (χ2n) is 6.33. The molecule has 2 aromatic rings. The van der Waals surface area contributed by atoms with E-state index in [1.54, 1.807) is 12.1 Å². The van der Waals surface area contributed by atoms with Crippen LogP contribution in [-0.2, 0) is 11.8 Å². The van der Waals surface area contributed by atoms with E-state index in [-0.39, 0.29) is 17.7 Å². The van der Waals surface area contributed by atoms with Crippen LogP contribution in [0.25, 0.3) is 0 Å². The summed E-state index contributed by atoms with van der Waals surface area (Å²) < 4.78 is 14.5. The van der Waals surface area contributed by atoms with Crippen LogP contribution < -0.4 is 0 Å². The highest BCUT2D eigenvalue weighted by Crippen LogP contribution is 2.26. The van der Waals surface area contributed by atoms with E-state index >= 15 is 0 Å². The summed E-state index contributed by atoms with van der Waals surface area (Å²) >= 11 is 3.33. The first-order valence-electron chi connectivity index (χ1n) is 7.00. The molecule has 0 aliphatic carbocycles. The van der Waals surface area contributed by atoms with Gasteiger partial charge in [0.2, 0.25) is 0 Å². The van der Waals surface area contributed by atoms with E-state index in [0.29, 0.717) is 5.56 Å². The molecule has 1 unspecified atom stereocenters. The molecule has 2 aromatic carbocycles. The average molecular weight is 351 g/mol. The maximum atomic E-state index is 13.7. The number of aliphatic hydroxyl groups excluding tert-OH is 1. The monoisotopic (exact) mass is 350 g/mol. The zero-order chi connectivity index (χ0) is 15.6. The maximum absolute atomic E-state index is 13.7. The molecule has 0 spiro atoms. The van der Waals surface area contributed by atoms with Crippen LogP contribution in [-0.4, -0.2) is 5.11 Å². The van der Waals surface area contributed by atoms with Crippen molar-refractivity contribution in [1.29, 1.82) is 0 Å².